The number of nitrogens with one attached hydrogen (secondary N) is 1. The molecule has 0 atom stereocenters. The van der Waals surface area contributed by atoms with E-state index in [2.05, 4.69) is 10.4 Å². The number of amides is 1. The summed E-state index contributed by atoms with van der Waals surface area (Å²) in [5.74, 6) is 0.511. The number of hydrogen-bond acceptors (Lipinski definition) is 4. The highest BCUT2D eigenvalue weighted by Crippen LogP contribution is 2.18. The van der Waals surface area contributed by atoms with E-state index < -0.39 is 0 Å². The van der Waals surface area contributed by atoms with Crippen molar-refractivity contribution in [3.8, 4) is 0 Å². The molecule has 3 rings (SSSR count). The molecule has 2 heterocycles. The summed E-state index contributed by atoms with van der Waals surface area (Å²) in [4.78, 5) is 24.1. The molecule has 0 radical (unpaired) electrons. The first kappa shape index (κ1) is 16.0. The third-order valence-electron chi connectivity index (χ3n) is 3.84. The number of para-hydroxylation sites is 1. The van der Waals surface area contributed by atoms with E-state index in [4.69, 9.17) is 4.42 Å². The summed E-state index contributed by atoms with van der Waals surface area (Å²) in [6.07, 6.45) is 2.62. The van der Waals surface area contributed by atoms with Crippen LogP contribution in [0.4, 0.5) is 0 Å². The second kappa shape index (κ2) is 7.12. The van der Waals surface area contributed by atoms with Crippen LogP contribution in [0, 0.1) is 6.92 Å². The predicted molar refractivity (Wildman–Crippen MR) is 89.5 cm³/mol. The van der Waals surface area contributed by atoms with Crippen LogP contribution in [0.1, 0.15) is 35.5 Å². The van der Waals surface area contributed by atoms with Gasteiger partial charge in [0.25, 0.3) is 0 Å². The van der Waals surface area contributed by atoms with Crippen LogP contribution in [0.3, 0.4) is 0 Å². The summed E-state index contributed by atoms with van der Waals surface area (Å²) in [7, 11) is 0. The normalized spacial score (nSPS) is 10.9. The minimum absolute atomic E-state index is 0.0966. The number of rotatable bonds is 6. The number of aromatic nitrogens is 2. The number of benzene rings is 1. The van der Waals surface area contributed by atoms with E-state index in [1.54, 1.807) is 18.4 Å². The fourth-order valence-corrected chi connectivity index (χ4v) is 2.61. The maximum atomic E-state index is 12.4. The summed E-state index contributed by atoms with van der Waals surface area (Å²) in [5.41, 5.74) is 1.64. The zero-order valence-corrected chi connectivity index (χ0v) is 13.5. The average molecular weight is 325 g/mol. The molecule has 0 aliphatic carbocycles. The Balaban J connectivity index is 1.51. The van der Waals surface area contributed by atoms with Crippen molar-refractivity contribution in [1.29, 1.82) is 0 Å². The summed E-state index contributed by atoms with van der Waals surface area (Å²) < 4.78 is 6.58. The van der Waals surface area contributed by atoms with Crippen LogP contribution in [0.2, 0.25) is 0 Å². The Hall–Kier alpha value is -2.89. The maximum Gasteiger partial charge on any atom is 0.247 e. The zero-order chi connectivity index (χ0) is 16.9. The number of nitrogens with zero attached hydrogens (tertiary/aromatic N) is 2. The van der Waals surface area contributed by atoms with Gasteiger partial charge in [0.05, 0.1) is 24.0 Å². The van der Waals surface area contributed by atoms with Crippen molar-refractivity contribution in [2.24, 2.45) is 0 Å². The van der Waals surface area contributed by atoms with Gasteiger partial charge < -0.3 is 9.73 Å². The molecule has 0 aliphatic rings. The van der Waals surface area contributed by atoms with E-state index in [-0.39, 0.29) is 18.2 Å². The summed E-state index contributed by atoms with van der Waals surface area (Å²) in [5, 5.41) is 8.05. The standard InChI is InChI=1S/C18H19N3O3/c1-13-15-7-2-3-8-16(15)21(20-13)18(23)10-4-9-17(22)19-12-14-6-5-11-24-14/h2-3,5-8,11H,4,9-10,12H2,1H3,(H,19,22). The molecule has 0 saturated heterocycles. The molecule has 6 heteroatoms. The van der Waals surface area contributed by atoms with Gasteiger partial charge in [0.2, 0.25) is 11.8 Å². The molecule has 1 aromatic carbocycles. The van der Waals surface area contributed by atoms with Crippen LogP contribution in [0.25, 0.3) is 10.9 Å². The summed E-state index contributed by atoms with van der Waals surface area (Å²) in [6.45, 7) is 2.25. The van der Waals surface area contributed by atoms with Crippen molar-refractivity contribution < 1.29 is 14.0 Å². The molecule has 0 fully saturated rings. The van der Waals surface area contributed by atoms with Crippen molar-refractivity contribution in [2.45, 2.75) is 32.7 Å². The van der Waals surface area contributed by atoms with E-state index in [0.717, 1.165) is 16.6 Å². The molecule has 0 spiro atoms. The molecular formula is C18H19N3O3. The highest BCUT2D eigenvalue weighted by Gasteiger charge is 2.13. The van der Waals surface area contributed by atoms with Crippen LogP contribution >= 0.6 is 0 Å². The van der Waals surface area contributed by atoms with Gasteiger partial charge in [-0.3, -0.25) is 9.59 Å². The molecule has 0 bridgehead atoms. The molecule has 3 aromatic rings. The van der Waals surface area contributed by atoms with Gasteiger partial charge in [-0.25, -0.2) is 0 Å². The summed E-state index contributed by atoms with van der Waals surface area (Å²) in [6, 6.07) is 11.2. The Morgan fingerprint density at radius 2 is 2.00 bits per heavy atom. The predicted octanol–water partition coefficient (Wildman–Crippen LogP) is 3.06. The number of aryl methyl sites for hydroxylation is 1. The van der Waals surface area contributed by atoms with E-state index in [0.29, 0.717) is 25.1 Å². The molecular weight excluding hydrogens is 306 g/mol. The number of carbonyl (C=O) groups is 2. The highest BCUT2D eigenvalue weighted by atomic mass is 16.3. The smallest absolute Gasteiger partial charge is 0.247 e. The second-order valence-corrected chi connectivity index (χ2v) is 5.62. The molecule has 1 amide bonds. The Kier molecular flexibility index (Phi) is 4.74. The average Bonchev–Trinajstić information content (AvgIpc) is 3.21. The highest BCUT2D eigenvalue weighted by molar-refractivity contribution is 5.92. The molecule has 2 aromatic heterocycles. The van der Waals surface area contributed by atoms with Gasteiger partial charge in [0, 0.05) is 18.2 Å². The number of fused-ring (bicyclic) bond motifs is 1. The Bertz CT molecular complexity index is 850. The molecule has 124 valence electrons. The van der Waals surface area contributed by atoms with Gasteiger partial charge in [-0.2, -0.15) is 9.78 Å². The Morgan fingerprint density at radius 1 is 1.17 bits per heavy atom. The molecule has 24 heavy (non-hydrogen) atoms. The number of carbonyl (C=O) groups excluding carboxylic acids is 2. The SMILES string of the molecule is Cc1nn(C(=O)CCCC(=O)NCc2ccco2)c2ccccc12. The number of hydrogen-bond donors (Lipinski definition) is 1. The zero-order valence-electron chi connectivity index (χ0n) is 13.5. The largest absolute Gasteiger partial charge is 0.467 e. The third kappa shape index (κ3) is 3.53. The molecule has 0 unspecified atom stereocenters. The monoisotopic (exact) mass is 325 g/mol. The quantitative estimate of drug-likeness (QED) is 0.755. The van der Waals surface area contributed by atoms with Crippen LogP contribution in [0.5, 0.6) is 0 Å². The minimum atomic E-state index is -0.0989. The first-order chi connectivity index (χ1) is 11.6. The van der Waals surface area contributed by atoms with Crippen LogP contribution in [-0.2, 0) is 11.3 Å². The fourth-order valence-electron chi connectivity index (χ4n) is 2.61. The van der Waals surface area contributed by atoms with Crippen molar-refractivity contribution in [3.05, 3.63) is 54.1 Å². The lowest BCUT2D eigenvalue weighted by atomic mass is 10.2. The van der Waals surface area contributed by atoms with Crippen LogP contribution in [0.15, 0.2) is 47.1 Å². The summed E-state index contributed by atoms with van der Waals surface area (Å²) >= 11 is 0. The first-order valence-electron chi connectivity index (χ1n) is 7.92. The van der Waals surface area contributed by atoms with E-state index >= 15 is 0 Å². The van der Waals surface area contributed by atoms with Gasteiger partial charge in [0.15, 0.2) is 0 Å². The maximum absolute atomic E-state index is 12.4. The van der Waals surface area contributed by atoms with Gasteiger partial charge in [-0.05, 0) is 31.5 Å². The van der Waals surface area contributed by atoms with Crippen LogP contribution in [-0.4, -0.2) is 21.6 Å². The van der Waals surface area contributed by atoms with Crippen molar-refractivity contribution in [1.82, 2.24) is 15.1 Å². The lowest BCUT2D eigenvalue weighted by Crippen LogP contribution is -2.22. The third-order valence-corrected chi connectivity index (χ3v) is 3.84. The topological polar surface area (TPSA) is 77.1 Å². The molecule has 0 saturated carbocycles. The van der Waals surface area contributed by atoms with E-state index in [9.17, 15) is 9.59 Å². The van der Waals surface area contributed by atoms with Gasteiger partial charge in [-0.1, -0.05) is 18.2 Å². The van der Waals surface area contributed by atoms with E-state index in [1.807, 2.05) is 31.2 Å². The van der Waals surface area contributed by atoms with Gasteiger partial charge >= 0.3 is 0 Å². The van der Waals surface area contributed by atoms with Crippen LogP contribution < -0.4 is 5.32 Å². The van der Waals surface area contributed by atoms with Gasteiger partial charge in [-0.15, -0.1) is 0 Å². The molecule has 6 nitrogen and oxygen atoms in total. The fraction of sp³-hybridized carbons (Fsp3) is 0.278. The Morgan fingerprint density at radius 3 is 2.79 bits per heavy atom. The Labute approximate surface area is 139 Å². The molecule has 1 N–H and O–H groups in total. The lowest BCUT2D eigenvalue weighted by molar-refractivity contribution is -0.121. The number of furan rings is 1. The second-order valence-electron chi connectivity index (χ2n) is 5.62. The van der Waals surface area contributed by atoms with Crippen molar-refractivity contribution >= 4 is 22.7 Å². The van der Waals surface area contributed by atoms with E-state index in [1.165, 1.54) is 4.68 Å². The first-order valence-corrected chi connectivity index (χ1v) is 7.92. The molecule has 0 aliphatic heterocycles. The minimum Gasteiger partial charge on any atom is -0.467 e. The van der Waals surface area contributed by atoms with Crippen molar-refractivity contribution in [3.63, 3.8) is 0 Å². The lowest BCUT2D eigenvalue weighted by Gasteiger charge is -2.04. The van der Waals surface area contributed by atoms with Crippen molar-refractivity contribution in [2.75, 3.05) is 0 Å². The van der Waals surface area contributed by atoms with Gasteiger partial charge in [0.1, 0.15) is 5.76 Å².